The van der Waals surface area contributed by atoms with Crippen molar-refractivity contribution in [1.82, 2.24) is 46.8 Å². The number of carboxylic acid groups (broad SMARTS) is 2. The zero-order valence-corrected chi connectivity index (χ0v) is 42.0. The Morgan fingerprint density at radius 3 is 2.00 bits per heavy atom. The minimum Gasteiger partial charge on any atom is -0.508 e. The highest BCUT2D eigenvalue weighted by Crippen LogP contribution is 2.21. The molecule has 0 bridgehead atoms. The summed E-state index contributed by atoms with van der Waals surface area (Å²) in [6.45, 7) is 7.09. The topological polar surface area (TPSA) is 409 Å². The number of nitrogens with two attached hydrogens (primary N) is 3. The van der Waals surface area contributed by atoms with Crippen molar-refractivity contribution in [3.63, 3.8) is 0 Å². The molecule has 2 aromatic rings. The van der Waals surface area contributed by atoms with E-state index in [1.165, 1.54) is 53.5 Å². The minimum absolute atomic E-state index is 0.0500. The SMILES string of the molecule is CSCC[C@H](NC(=O)[C@H](Cc1ccc(O)cc1)NC(=O)[C@@H](NC(=O)[C@H](CCCN=C(N)N)NC(=O)[C@@H](N)CC(=O)O)C(C)C)C(=O)N[C@@H](Cc1cnc[nH]1)C(=O)N1CCC[C@H]1C(=O)N[C@@H](CC(C)C)C(=O)O. The van der Waals surface area contributed by atoms with Gasteiger partial charge in [-0.1, -0.05) is 39.8 Å². The predicted molar refractivity (Wildman–Crippen MR) is 265 cm³/mol. The number of hydrogen-bond acceptors (Lipinski definition) is 14. The summed E-state index contributed by atoms with van der Waals surface area (Å²) in [6, 6.07) is -4.56. The van der Waals surface area contributed by atoms with Gasteiger partial charge in [0.25, 0.3) is 0 Å². The fraction of sp³-hybridized carbons (Fsp3) is 0.587. The van der Waals surface area contributed by atoms with Crippen LogP contribution in [0, 0.1) is 11.8 Å². The van der Waals surface area contributed by atoms with Crippen LogP contribution in [-0.2, 0) is 56.0 Å². The highest BCUT2D eigenvalue weighted by Gasteiger charge is 2.40. The fourth-order valence-corrected chi connectivity index (χ4v) is 8.26. The van der Waals surface area contributed by atoms with Gasteiger partial charge < -0.3 is 74.3 Å². The van der Waals surface area contributed by atoms with Crippen molar-refractivity contribution in [1.29, 1.82) is 0 Å². The second-order valence-electron chi connectivity index (χ2n) is 18.3. The monoisotopic (exact) mass is 1030 g/mol. The molecule has 1 saturated heterocycles. The number of carbonyl (C=O) groups is 9. The van der Waals surface area contributed by atoms with E-state index in [9.17, 15) is 53.4 Å². The van der Waals surface area contributed by atoms with E-state index in [1.807, 2.05) is 13.8 Å². The van der Waals surface area contributed by atoms with Crippen LogP contribution in [0.25, 0.3) is 0 Å². The lowest BCUT2D eigenvalue weighted by atomic mass is 9.99. The van der Waals surface area contributed by atoms with Crippen LogP contribution < -0.4 is 49.1 Å². The Kier molecular flexibility index (Phi) is 24.2. The van der Waals surface area contributed by atoms with E-state index in [0.29, 0.717) is 23.4 Å². The van der Waals surface area contributed by atoms with Crippen LogP contribution in [0.4, 0.5) is 0 Å². The van der Waals surface area contributed by atoms with Gasteiger partial charge in [-0.15, -0.1) is 0 Å². The van der Waals surface area contributed by atoms with Crippen LogP contribution in [0.5, 0.6) is 5.75 Å². The first kappa shape index (κ1) is 59.3. The third-order valence-corrected chi connectivity index (χ3v) is 12.2. The number of hydrogen-bond donors (Lipinski definition) is 13. The Morgan fingerprint density at radius 2 is 1.42 bits per heavy atom. The number of phenolic OH excluding ortho intramolecular Hbond substituents is 1. The van der Waals surface area contributed by atoms with E-state index in [0.717, 1.165) is 0 Å². The average molecular weight is 1030 g/mol. The molecule has 1 fully saturated rings. The van der Waals surface area contributed by atoms with Gasteiger partial charge in [0, 0.05) is 37.8 Å². The highest BCUT2D eigenvalue weighted by molar-refractivity contribution is 7.98. The highest BCUT2D eigenvalue weighted by atomic mass is 32.2. The Hall–Kier alpha value is -6.96. The largest absolute Gasteiger partial charge is 0.508 e. The molecule has 398 valence electrons. The Morgan fingerprint density at radius 1 is 0.806 bits per heavy atom. The van der Waals surface area contributed by atoms with Crippen LogP contribution in [0.3, 0.4) is 0 Å². The van der Waals surface area contributed by atoms with Gasteiger partial charge in [-0.3, -0.25) is 43.3 Å². The van der Waals surface area contributed by atoms with Crippen LogP contribution >= 0.6 is 11.8 Å². The molecule has 0 spiro atoms. The lowest BCUT2D eigenvalue weighted by molar-refractivity contribution is -0.145. The van der Waals surface area contributed by atoms with Gasteiger partial charge in [0.15, 0.2) is 5.96 Å². The molecule has 7 amide bonds. The number of carbonyl (C=O) groups excluding carboxylic acids is 7. The van der Waals surface area contributed by atoms with Crippen molar-refractivity contribution < 1.29 is 58.5 Å². The first-order chi connectivity index (χ1) is 34.0. The molecule has 72 heavy (non-hydrogen) atoms. The second-order valence-corrected chi connectivity index (χ2v) is 19.3. The smallest absolute Gasteiger partial charge is 0.326 e. The first-order valence-corrected chi connectivity index (χ1v) is 25.0. The molecule has 2 heterocycles. The quantitative estimate of drug-likeness (QED) is 0.0233. The lowest BCUT2D eigenvalue weighted by Gasteiger charge is -2.31. The molecule has 16 N–H and O–H groups in total. The molecule has 1 aromatic heterocycles. The van der Waals surface area contributed by atoms with E-state index < -0.39 is 114 Å². The first-order valence-electron chi connectivity index (χ1n) is 23.6. The third kappa shape index (κ3) is 19.7. The van der Waals surface area contributed by atoms with E-state index in [1.54, 1.807) is 20.1 Å². The molecule has 0 radical (unpaired) electrons. The van der Waals surface area contributed by atoms with E-state index in [-0.39, 0.29) is 75.7 Å². The Bertz CT molecular complexity index is 2190. The number of H-pyrrole nitrogens is 1. The third-order valence-electron chi connectivity index (χ3n) is 11.6. The molecule has 1 aliphatic heterocycles. The summed E-state index contributed by atoms with van der Waals surface area (Å²) in [5.41, 5.74) is 17.6. The molecular weight excluding hydrogens is 959 g/mol. The fourth-order valence-electron chi connectivity index (χ4n) is 7.79. The zero-order valence-electron chi connectivity index (χ0n) is 41.2. The minimum atomic E-state index is -1.51. The summed E-state index contributed by atoms with van der Waals surface area (Å²) in [7, 11) is 0. The molecule has 3 rings (SSSR count). The van der Waals surface area contributed by atoms with Crippen LogP contribution in [0.2, 0.25) is 0 Å². The maximum atomic E-state index is 14.5. The van der Waals surface area contributed by atoms with Gasteiger partial charge in [-0.25, -0.2) is 9.78 Å². The summed E-state index contributed by atoms with van der Waals surface area (Å²) in [6.07, 6.45) is 4.66. The van der Waals surface area contributed by atoms with Crippen LogP contribution in [0.1, 0.15) is 83.9 Å². The van der Waals surface area contributed by atoms with E-state index >= 15 is 0 Å². The number of likely N-dealkylation sites (tertiary alicyclic amines) is 1. The molecule has 8 atom stereocenters. The maximum absolute atomic E-state index is 14.5. The molecule has 25 nitrogen and oxygen atoms in total. The number of benzene rings is 1. The van der Waals surface area contributed by atoms with Crippen molar-refractivity contribution in [3.05, 3.63) is 48.0 Å². The summed E-state index contributed by atoms with van der Waals surface area (Å²) in [4.78, 5) is 133. The Labute approximate surface area is 421 Å². The van der Waals surface area contributed by atoms with Gasteiger partial charge >= 0.3 is 11.9 Å². The van der Waals surface area contributed by atoms with E-state index in [2.05, 4.69) is 46.9 Å². The molecule has 26 heteroatoms. The van der Waals surface area contributed by atoms with Crippen LogP contribution in [0.15, 0.2) is 41.8 Å². The molecule has 0 aliphatic carbocycles. The number of imidazole rings is 1. The number of guanidine groups is 1. The number of amides is 7. The van der Waals surface area contributed by atoms with Crippen molar-refractivity contribution in [3.8, 4) is 5.75 Å². The lowest BCUT2D eigenvalue weighted by Crippen LogP contribution is -2.61. The summed E-state index contributed by atoms with van der Waals surface area (Å²) in [5, 5.41) is 44.8. The number of thioether (sulfide) groups is 1. The number of nitrogens with one attached hydrogen (secondary N) is 7. The van der Waals surface area contributed by atoms with Gasteiger partial charge in [0.1, 0.15) is 48.0 Å². The number of aliphatic imine (C=N–C) groups is 1. The summed E-state index contributed by atoms with van der Waals surface area (Å²) >= 11 is 1.37. The molecule has 0 unspecified atom stereocenters. The predicted octanol–water partition coefficient (Wildman–Crippen LogP) is -1.80. The number of rotatable bonds is 30. The molecule has 0 saturated carbocycles. The number of aromatic amines is 1. The molecule has 1 aromatic carbocycles. The second kappa shape index (κ2) is 29.4. The number of carboxylic acids is 2. The van der Waals surface area contributed by atoms with E-state index in [4.69, 9.17) is 22.3 Å². The number of aromatic hydroxyl groups is 1. The normalized spacial score (nSPS) is 16.2. The summed E-state index contributed by atoms with van der Waals surface area (Å²) in [5.74, 6) is -8.63. The average Bonchev–Trinajstić information content (AvgIpc) is 4.03. The van der Waals surface area contributed by atoms with Gasteiger partial charge in [-0.05, 0) is 80.1 Å². The van der Waals surface area contributed by atoms with Gasteiger partial charge in [0.05, 0.1) is 18.8 Å². The maximum Gasteiger partial charge on any atom is 0.326 e. The standard InChI is InChI=1S/C46H71N13O12S/c1-24(2)18-34(45(70)71)57-42(67)35-9-7-16-59(35)44(69)33(20-27-22-50-23-52-27)56-39(64)31(14-17-72-5)54-41(66)32(19-26-10-12-28(60)13-11-26)55-43(68)37(25(3)4)58-40(65)30(8-6-15-51-46(48)49)53-38(63)29(47)21-36(61)62/h10-13,22-25,29-35,37,60H,6-9,14-21,47H2,1-5H3,(H,50,52)(H,53,63)(H,54,66)(H,55,68)(H,56,64)(H,57,67)(H,58,65)(H,61,62)(H,70,71)(H4,48,49,51)/t29-,30-,31-,32-,33-,34-,35-,37-/m0/s1. The summed E-state index contributed by atoms with van der Waals surface area (Å²) < 4.78 is 0. The van der Waals surface area contributed by atoms with Crippen molar-refractivity contribution >= 4 is 71.0 Å². The van der Waals surface area contributed by atoms with Gasteiger partial charge in [-0.2, -0.15) is 11.8 Å². The molecule has 1 aliphatic rings. The molecular formula is C46H71N13O12S. The zero-order chi connectivity index (χ0) is 53.7. The number of nitrogens with zero attached hydrogens (tertiary/aromatic N) is 3. The van der Waals surface area contributed by atoms with Crippen molar-refractivity contribution in [2.45, 2.75) is 134 Å². The number of aromatic nitrogens is 2. The van der Waals surface area contributed by atoms with Crippen molar-refractivity contribution in [2.24, 2.45) is 34.0 Å². The number of aliphatic carboxylic acids is 2. The van der Waals surface area contributed by atoms with Gasteiger partial charge in [0.2, 0.25) is 41.4 Å². The van der Waals surface area contributed by atoms with Crippen molar-refractivity contribution in [2.75, 3.05) is 25.1 Å². The number of phenols is 1. The Balaban J connectivity index is 1.92. The van der Waals surface area contributed by atoms with Crippen LogP contribution in [-0.4, -0.2) is 163 Å².